The molecule has 1 fully saturated rings. The van der Waals surface area contributed by atoms with Crippen molar-refractivity contribution in [1.82, 2.24) is 10.3 Å². The summed E-state index contributed by atoms with van der Waals surface area (Å²) >= 11 is 1.51. The number of amides is 1. The zero-order valence-electron chi connectivity index (χ0n) is 12.3. The number of hydrogen-bond donors (Lipinski definition) is 2. The monoisotopic (exact) mass is 318 g/mol. The summed E-state index contributed by atoms with van der Waals surface area (Å²) in [5.41, 5.74) is 0.262. The first-order valence-electron chi connectivity index (χ1n) is 7.13. The maximum atomic E-state index is 12.7. The second-order valence-corrected chi connectivity index (χ2v) is 6.46. The van der Waals surface area contributed by atoms with Gasteiger partial charge >= 0.3 is 0 Å². The summed E-state index contributed by atoms with van der Waals surface area (Å²) in [5, 5.41) is 15.4. The Labute approximate surface area is 133 Å². The molecular weight excluding hydrogens is 300 g/mol. The number of benzene rings is 1. The van der Waals surface area contributed by atoms with Crippen molar-refractivity contribution in [2.75, 3.05) is 7.11 Å². The van der Waals surface area contributed by atoms with Crippen LogP contribution in [0.5, 0.6) is 5.75 Å². The summed E-state index contributed by atoms with van der Waals surface area (Å²) in [6.45, 7) is 0.421. The van der Waals surface area contributed by atoms with E-state index in [9.17, 15) is 9.90 Å². The molecule has 2 aromatic rings. The number of nitrogens with zero attached hydrogens (tertiary/aromatic N) is 1. The molecule has 0 unspecified atom stereocenters. The molecule has 5 nitrogen and oxygen atoms in total. The lowest BCUT2D eigenvalue weighted by atomic mass is 9.62. The van der Waals surface area contributed by atoms with E-state index in [4.69, 9.17) is 4.74 Å². The number of carbonyl (C=O) groups excluding carboxylic acids is 1. The SMILES string of the molecule is COc1ccc(C2(C(=O)NCc3nccs3)CC(O)C2)cc1. The van der Waals surface area contributed by atoms with Gasteiger partial charge in [-0.25, -0.2) is 4.98 Å². The zero-order valence-corrected chi connectivity index (χ0v) is 13.1. The number of nitrogens with one attached hydrogen (secondary N) is 1. The van der Waals surface area contributed by atoms with Crippen LogP contribution < -0.4 is 10.1 Å². The van der Waals surface area contributed by atoms with Gasteiger partial charge in [0.25, 0.3) is 0 Å². The van der Waals surface area contributed by atoms with E-state index in [1.165, 1.54) is 11.3 Å². The average Bonchev–Trinajstić information content (AvgIpc) is 3.03. The highest BCUT2D eigenvalue weighted by Crippen LogP contribution is 2.44. The van der Waals surface area contributed by atoms with Gasteiger partial charge in [0.2, 0.25) is 5.91 Å². The van der Waals surface area contributed by atoms with Gasteiger partial charge in [0.1, 0.15) is 10.8 Å². The maximum absolute atomic E-state index is 12.7. The van der Waals surface area contributed by atoms with Crippen molar-refractivity contribution in [3.8, 4) is 5.75 Å². The third kappa shape index (κ3) is 2.71. The van der Waals surface area contributed by atoms with Crippen molar-refractivity contribution in [3.05, 3.63) is 46.4 Å². The molecule has 0 bridgehead atoms. The van der Waals surface area contributed by atoms with Crippen molar-refractivity contribution >= 4 is 17.2 Å². The van der Waals surface area contributed by atoms with Crippen LogP contribution in [-0.2, 0) is 16.8 Å². The van der Waals surface area contributed by atoms with Crippen LogP contribution in [0.3, 0.4) is 0 Å². The first-order valence-corrected chi connectivity index (χ1v) is 8.01. The molecule has 1 aliphatic rings. The molecule has 116 valence electrons. The fraction of sp³-hybridized carbons (Fsp3) is 0.375. The minimum absolute atomic E-state index is 0.0573. The van der Waals surface area contributed by atoms with Gasteiger partial charge in [-0.1, -0.05) is 12.1 Å². The Bertz CT molecular complexity index is 634. The van der Waals surface area contributed by atoms with Crippen molar-refractivity contribution in [2.45, 2.75) is 30.9 Å². The van der Waals surface area contributed by atoms with Crippen LogP contribution in [0.2, 0.25) is 0 Å². The number of rotatable bonds is 5. The summed E-state index contributed by atoms with van der Waals surface area (Å²) < 4.78 is 5.15. The van der Waals surface area contributed by atoms with E-state index in [-0.39, 0.29) is 5.91 Å². The second-order valence-electron chi connectivity index (χ2n) is 5.48. The van der Waals surface area contributed by atoms with E-state index >= 15 is 0 Å². The summed E-state index contributed by atoms with van der Waals surface area (Å²) in [7, 11) is 1.61. The van der Waals surface area contributed by atoms with Crippen molar-refractivity contribution in [3.63, 3.8) is 0 Å². The molecule has 0 saturated heterocycles. The molecule has 3 rings (SSSR count). The fourth-order valence-electron chi connectivity index (χ4n) is 2.87. The fourth-order valence-corrected chi connectivity index (χ4v) is 3.43. The molecule has 0 aliphatic heterocycles. The number of ether oxygens (including phenoxy) is 1. The highest BCUT2D eigenvalue weighted by Gasteiger charge is 2.50. The van der Waals surface area contributed by atoms with Crippen LogP contribution in [0.25, 0.3) is 0 Å². The Hall–Kier alpha value is -1.92. The Morgan fingerprint density at radius 1 is 1.45 bits per heavy atom. The smallest absolute Gasteiger partial charge is 0.231 e. The quantitative estimate of drug-likeness (QED) is 0.883. The van der Waals surface area contributed by atoms with Crippen LogP contribution in [0.15, 0.2) is 35.8 Å². The van der Waals surface area contributed by atoms with E-state index in [0.29, 0.717) is 19.4 Å². The molecule has 0 atom stereocenters. The normalized spacial score (nSPS) is 23.6. The molecule has 0 radical (unpaired) electrons. The Morgan fingerprint density at radius 3 is 2.73 bits per heavy atom. The zero-order chi connectivity index (χ0) is 15.6. The van der Waals surface area contributed by atoms with Gasteiger partial charge in [-0.15, -0.1) is 11.3 Å². The van der Waals surface area contributed by atoms with E-state index in [1.54, 1.807) is 13.3 Å². The molecule has 2 N–H and O–H groups in total. The molecule has 1 amide bonds. The minimum Gasteiger partial charge on any atom is -0.497 e. The van der Waals surface area contributed by atoms with Gasteiger partial charge in [-0.3, -0.25) is 4.79 Å². The van der Waals surface area contributed by atoms with Gasteiger partial charge in [0.15, 0.2) is 0 Å². The topological polar surface area (TPSA) is 71.5 Å². The number of aliphatic hydroxyl groups excluding tert-OH is 1. The number of carbonyl (C=O) groups is 1. The van der Waals surface area contributed by atoms with E-state index in [0.717, 1.165) is 16.3 Å². The summed E-state index contributed by atoms with van der Waals surface area (Å²) in [6, 6.07) is 7.48. The first kappa shape index (κ1) is 15.0. The molecule has 0 spiro atoms. The van der Waals surface area contributed by atoms with Crippen molar-refractivity contribution in [2.24, 2.45) is 0 Å². The summed E-state index contributed by atoms with van der Waals surface area (Å²) in [6.07, 6.45) is 2.19. The Morgan fingerprint density at radius 2 is 2.18 bits per heavy atom. The van der Waals surface area contributed by atoms with E-state index in [2.05, 4.69) is 10.3 Å². The summed E-state index contributed by atoms with van der Waals surface area (Å²) in [5.74, 6) is 0.695. The van der Waals surface area contributed by atoms with E-state index in [1.807, 2.05) is 29.6 Å². The third-order valence-electron chi connectivity index (χ3n) is 4.13. The first-order chi connectivity index (χ1) is 10.6. The predicted molar refractivity (Wildman–Crippen MR) is 83.9 cm³/mol. The van der Waals surface area contributed by atoms with Crippen LogP contribution in [-0.4, -0.2) is 29.2 Å². The average molecular weight is 318 g/mol. The van der Waals surface area contributed by atoms with Gasteiger partial charge < -0.3 is 15.2 Å². The van der Waals surface area contributed by atoms with Gasteiger partial charge in [-0.2, -0.15) is 0 Å². The molecular formula is C16H18N2O3S. The summed E-state index contributed by atoms with van der Waals surface area (Å²) in [4.78, 5) is 16.8. The molecule has 1 heterocycles. The maximum Gasteiger partial charge on any atom is 0.231 e. The third-order valence-corrected chi connectivity index (χ3v) is 4.91. The molecule has 1 aromatic carbocycles. The van der Waals surface area contributed by atoms with Crippen LogP contribution in [0, 0.1) is 0 Å². The van der Waals surface area contributed by atoms with E-state index < -0.39 is 11.5 Å². The number of hydrogen-bond acceptors (Lipinski definition) is 5. The molecule has 1 aliphatic carbocycles. The highest BCUT2D eigenvalue weighted by atomic mass is 32.1. The lowest BCUT2D eigenvalue weighted by Crippen LogP contribution is -2.55. The van der Waals surface area contributed by atoms with Crippen molar-refractivity contribution in [1.29, 1.82) is 0 Å². The highest BCUT2D eigenvalue weighted by molar-refractivity contribution is 7.09. The predicted octanol–water partition coefficient (Wildman–Crippen LogP) is 1.86. The molecule has 1 aromatic heterocycles. The number of thiazole rings is 1. The van der Waals surface area contributed by atoms with Crippen molar-refractivity contribution < 1.29 is 14.6 Å². The standard InChI is InChI=1S/C16H18N2O3S/c1-21-13-4-2-11(3-5-13)16(8-12(19)9-16)15(20)18-10-14-17-6-7-22-14/h2-7,12,19H,8-10H2,1H3,(H,18,20). The number of aromatic nitrogens is 1. The number of aliphatic hydroxyl groups is 1. The van der Waals surface area contributed by atoms with Gasteiger partial charge in [0, 0.05) is 11.6 Å². The second kappa shape index (κ2) is 6.06. The van der Waals surface area contributed by atoms with Gasteiger partial charge in [0.05, 0.1) is 25.2 Å². The minimum atomic E-state index is -0.650. The van der Waals surface area contributed by atoms with Crippen LogP contribution >= 0.6 is 11.3 Å². The van der Waals surface area contributed by atoms with Crippen LogP contribution in [0.1, 0.15) is 23.4 Å². The molecule has 6 heteroatoms. The molecule has 22 heavy (non-hydrogen) atoms. The lowest BCUT2D eigenvalue weighted by molar-refractivity contribution is -0.135. The lowest BCUT2D eigenvalue weighted by Gasteiger charge is -2.44. The van der Waals surface area contributed by atoms with Crippen LogP contribution in [0.4, 0.5) is 0 Å². The van der Waals surface area contributed by atoms with Gasteiger partial charge in [-0.05, 0) is 30.5 Å². The Kier molecular flexibility index (Phi) is 4.13. The Balaban J connectivity index is 1.76. The largest absolute Gasteiger partial charge is 0.497 e. The molecule has 1 saturated carbocycles. The number of methoxy groups -OCH3 is 1.